The van der Waals surface area contributed by atoms with Crippen LogP contribution in [0.25, 0.3) is 5.53 Å². The fourth-order valence-corrected chi connectivity index (χ4v) is 1.60. The summed E-state index contributed by atoms with van der Waals surface area (Å²) in [6.45, 7) is 10.6. The zero-order chi connectivity index (χ0) is 10.9. The van der Waals surface area contributed by atoms with Crippen LogP contribution in [0.2, 0.25) is 0 Å². The molecule has 0 saturated carbocycles. The molecule has 0 aliphatic carbocycles. The highest BCUT2D eigenvalue weighted by molar-refractivity contribution is 5.22. The molecular weight excluding hydrogens is 174 g/mol. The van der Waals surface area contributed by atoms with Crippen molar-refractivity contribution in [1.82, 2.24) is 4.68 Å². The minimum atomic E-state index is 0.0306. The molecule has 3 nitrogen and oxygen atoms in total. The SMILES string of the molecule is CC(C)c1ccc(C(C)(C)C)n1[NH+]=[N-]. The molecule has 0 amide bonds. The fraction of sp³-hybridized carbons (Fsp3) is 0.636. The largest absolute Gasteiger partial charge is 0.233 e. The monoisotopic (exact) mass is 193 g/mol. The van der Waals surface area contributed by atoms with Gasteiger partial charge >= 0.3 is 0 Å². The molecule has 0 aliphatic rings. The molecular formula is C11H19N3. The first kappa shape index (κ1) is 11.0. The molecule has 14 heavy (non-hydrogen) atoms. The zero-order valence-corrected chi connectivity index (χ0v) is 9.63. The normalized spacial score (nSPS) is 12.1. The lowest BCUT2D eigenvalue weighted by molar-refractivity contribution is -0.550. The van der Waals surface area contributed by atoms with E-state index < -0.39 is 0 Å². The molecule has 0 spiro atoms. The number of rotatable bonds is 2. The van der Waals surface area contributed by atoms with E-state index in [1.165, 1.54) is 0 Å². The summed E-state index contributed by atoms with van der Waals surface area (Å²) in [6, 6.07) is 4.10. The second-order valence-corrected chi connectivity index (χ2v) is 4.98. The molecule has 0 bridgehead atoms. The summed E-state index contributed by atoms with van der Waals surface area (Å²) in [7, 11) is 0. The van der Waals surface area contributed by atoms with E-state index in [0.29, 0.717) is 5.92 Å². The van der Waals surface area contributed by atoms with Gasteiger partial charge in [0, 0.05) is 5.69 Å². The average molecular weight is 193 g/mol. The van der Waals surface area contributed by atoms with Gasteiger partial charge in [-0.3, -0.25) is 0 Å². The topological polar surface area (TPSA) is 41.2 Å². The van der Waals surface area contributed by atoms with Crippen LogP contribution in [0, 0.1) is 0 Å². The Kier molecular flexibility index (Phi) is 2.79. The summed E-state index contributed by atoms with van der Waals surface area (Å²) in [5, 5.41) is 2.25. The summed E-state index contributed by atoms with van der Waals surface area (Å²) in [5.74, 6) is 0.394. The second-order valence-electron chi connectivity index (χ2n) is 4.98. The lowest BCUT2D eigenvalue weighted by Crippen LogP contribution is -2.69. The number of nitrogens with zero attached hydrogens (tertiary/aromatic N) is 2. The highest BCUT2D eigenvalue weighted by atomic mass is 15.4. The lowest BCUT2D eigenvalue weighted by atomic mass is 9.92. The van der Waals surface area contributed by atoms with E-state index in [1.54, 1.807) is 4.68 Å². The van der Waals surface area contributed by atoms with Gasteiger partial charge in [-0.2, -0.15) is 10.8 Å². The fourth-order valence-electron chi connectivity index (χ4n) is 1.60. The van der Waals surface area contributed by atoms with Crippen molar-refractivity contribution in [2.75, 3.05) is 0 Å². The third-order valence-electron chi connectivity index (χ3n) is 2.37. The Hall–Kier alpha value is -1.12. The van der Waals surface area contributed by atoms with Crippen LogP contribution in [0.3, 0.4) is 0 Å². The van der Waals surface area contributed by atoms with Crippen molar-refractivity contribution in [3.8, 4) is 0 Å². The summed E-state index contributed by atoms with van der Waals surface area (Å²) in [6.07, 6.45) is 0. The van der Waals surface area contributed by atoms with Crippen molar-refractivity contribution >= 4 is 0 Å². The second kappa shape index (κ2) is 3.56. The van der Waals surface area contributed by atoms with Gasteiger partial charge in [0.1, 0.15) is 0 Å². The standard InChI is InChI=1S/C11H19N3/c1-8(2)9-6-7-10(11(3,4)5)14(9)13-12/h6-8,13H,1-5H3. The molecule has 0 unspecified atom stereocenters. The van der Waals surface area contributed by atoms with Crippen LogP contribution in [0.4, 0.5) is 0 Å². The molecule has 1 N–H and O–H groups in total. The summed E-state index contributed by atoms with van der Waals surface area (Å²) in [5.41, 5.74) is 11.3. The van der Waals surface area contributed by atoms with Crippen molar-refractivity contribution in [1.29, 1.82) is 0 Å². The number of hydrogen-bond acceptors (Lipinski definition) is 0. The molecule has 0 atom stereocenters. The van der Waals surface area contributed by atoms with Gasteiger partial charge in [0.2, 0.25) is 0 Å². The molecule has 78 valence electrons. The predicted octanol–water partition coefficient (Wildman–Crippen LogP) is 1.77. The summed E-state index contributed by atoms with van der Waals surface area (Å²) in [4.78, 5) is 0. The van der Waals surface area contributed by atoms with Crippen molar-refractivity contribution in [3.63, 3.8) is 0 Å². The summed E-state index contributed by atoms with van der Waals surface area (Å²) >= 11 is 0. The van der Waals surface area contributed by atoms with E-state index >= 15 is 0 Å². The van der Waals surface area contributed by atoms with Gasteiger partial charge in [-0.1, -0.05) is 46.8 Å². The van der Waals surface area contributed by atoms with Gasteiger partial charge < -0.3 is 0 Å². The first-order chi connectivity index (χ1) is 6.38. The maximum atomic E-state index is 9.11. The van der Waals surface area contributed by atoms with Crippen LogP contribution in [-0.4, -0.2) is 4.68 Å². The van der Waals surface area contributed by atoms with Gasteiger partial charge in [-0.15, -0.1) is 0 Å². The third-order valence-corrected chi connectivity index (χ3v) is 2.37. The van der Waals surface area contributed by atoms with Gasteiger partial charge in [-0.05, 0) is 17.0 Å². The van der Waals surface area contributed by atoms with Crippen LogP contribution in [0.1, 0.15) is 51.9 Å². The molecule has 1 aromatic heterocycles. The maximum Gasteiger partial charge on any atom is 0.000892 e. The van der Waals surface area contributed by atoms with Gasteiger partial charge in [-0.25, -0.2) is 4.68 Å². The molecule has 1 rings (SSSR count). The molecule has 0 radical (unpaired) electrons. The van der Waals surface area contributed by atoms with E-state index in [9.17, 15) is 0 Å². The molecule has 3 heteroatoms. The van der Waals surface area contributed by atoms with Crippen LogP contribution in [-0.2, 0) is 5.41 Å². The Labute approximate surface area is 85.6 Å². The van der Waals surface area contributed by atoms with Crippen molar-refractivity contribution in [2.24, 2.45) is 0 Å². The van der Waals surface area contributed by atoms with Gasteiger partial charge in [0.15, 0.2) is 0 Å². The number of aromatic nitrogens is 1. The Morgan fingerprint density at radius 2 is 1.86 bits per heavy atom. The zero-order valence-electron chi connectivity index (χ0n) is 9.63. The lowest BCUT2D eigenvalue weighted by Gasteiger charge is -2.22. The first-order valence-electron chi connectivity index (χ1n) is 5.00. The van der Waals surface area contributed by atoms with Crippen LogP contribution in [0.15, 0.2) is 12.1 Å². The Balaban J connectivity index is 3.28. The smallest absolute Gasteiger partial charge is 0.000892 e. The predicted molar refractivity (Wildman–Crippen MR) is 56.9 cm³/mol. The van der Waals surface area contributed by atoms with Crippen molar-refractivity contribution in [3.05, 3.63) is 29.1 Å². The average Bonchev–Trinajstić information content (AvgIpc) is 2.45. The highest BCUT2D eigenvalue weighted by Crippen LogP contribution is 2.25. The quantitative estimate of drug-likeness (QED) is 0.696. The van der Waals surface area contributed by atoms with E-state index in [2.05, 4.69) is 52.0 Å². The molecule has 0 aliphatic heterocycles. The van der Waals surface area contributed by atoms with Crippen molar-refractivity contribution in [2.45, 2.75) is 46.0 Å². The van der Waals surface area contributed by atoms with E-state index in [-0.39, 0.29) is 5.41 Å². The highest BCUT2D eigenvalue weighted by Gasteiger charge is 2.18. The minimum Gasteiger partial charge on any atom is -0.233 e. The van der Waals surface area contributed by atoms with Crippen LogP contribution in [0.5, 0.6) is 0 Å². The van der Waals surface area contributed by atoms with Gasteiger partial charge in [0.05, 0.1) is 0 Å². The Bertz CT molecular complexity index is 329. The molecule has 1 aromatic rings. The van der Waals surface area contributed by atoms with E-state index in [4.69, 9.17) is 5.53 Å². The minimum absolute atomic E-state index is 0.0306. The number of nitrogens with one attached hydrogen (secondary N) is 1. The molecule has 0 saturated heterocycles. The molecule has 0 aromatic carbocycles. The van der Waals surface area contributed by atoms with Crippen LogP contribution < -0.4 is 5.22 Å². The van der Waals surface area contributed by atoms with Crippen LogP contribution >= 0.6 is 0 Å². The van der Waals surface area contributed by atoms with E-state index in [0.717, 1.165) is 11.4 Å². The Morgan fingerprint density at radius 3 is 2.21 bits per heavy atom. The van der Waals surface area contributed by atoms with Gasteiger partial charge in [0.25, 0.3) is 0 Å². The molecule has 0 fully saturated rings. The maximum absolute atomic E-state index is 9.11. The number of hydrogen-bond donors (Lipinski definition) is 1. The Morgan fingerprint density at radius 1 is 1.29 bits per heavy atom. The van der Waals surface area contributed by atoms with E-state index in [1.807, 2.05) is 0 Å². The first-order valence-corrected chi connectivity index (χ1v) is 5.00. The third kappa shape index (κ3) is 1.86. The molecule has 1 heterocycles. The van der Waals surface area contributed by atoms with Crippen molar-refractivity contribution < 1.29 is 5.22 Å². The summed E-state index contributed by atoms with van der Waals surface area (Å²) < 4.78 is 1.75.